The second-order valence-electron chi connectivity index (χ2n) is 5.18. The Bertz CT molecular complexity index is 488. The number of phenols is 1. The first-order valence-electron chi connectivity index (χ1n) is 7.81. The summed E-state index contributed by atoms with van der Waals surface area (Å²) in [5.74, 6) is -1.12. The van der Waals surface area contributed by atoms with Crippen LogP contribution in [0.4, 0.5) is 0 Å². The summed E-state index contributed by atoms with van der Waals surface area (Å²) < 4.78 is 4.72. The van der Waals surface area contributed by atoms with Gasteiger partial charge in [0.1, 0.15) is 0 Å². The summed E-state index contributed by atoms with van der Waals surface area (Å²) >= 11 is 0. The van der Waals surface area contributed by atoms with Crippen LogP contribution in [0, 0.1) is 0 Å². The third-order valence-corrected chi connectivity index (χ3v) is 3.20. The minimum absolute atomic E-state index is 0.0671. The van der Waals surface area contributed by atoms with Crippen LogP contribution in [0.1, 0.15) is 62.2 Å². The number of rotatable bonds is 9. The van der Waals surface area contributed by atoms with E-state index in [1.54, 1.807) is 0 Å². The number of aromatic hydroxyl groups is 1. The van der Waals surface area contributed by atoms with Crippen molar-refractivity contribution in [3.05, 3.63) is 23.8 Å². The van der Waals surface area contributed by atoms with E-state index in [0.29, 0.717) is 6.42 Å². The number of carbonyl (C=O) groups excluding carboxylic acids is 1. The van der Waals surface area contributed by atoms with E-state index in [0.717, 1.165) is 12.8 Å². The number of ether oxygens (including phenoxy) is 1. The lowest BCUT2D eigenvalue weighted by Gasteiger charge is -2.02. The van der Waals surface area contributed by atoms with E-state index in [9.17, 15) is 9.59 Å². The first-order valence-corrected chi connectivity index (χ1v) is 7.81. The lowest BCUT2D eigenvalue weighted by Crippen LogP contribution is -2.09. The minimum atomic E-state index is -1.05. The maximum Gasteiger partial charge on any atom is 0.335 e. The van der Waals surface area contributed by atoms with Crippen molar-refractivity contribution in [1.82, 2.24) is 0 Å². The number of carboxylic acids is 1. The van der Waals surface area contributed by atoms with Crippen LogP contribution in [0.3, 0.4) is 0 Å². The SMILES string of the molecule is CCCCCCCCC(N)=O.COc1cc(C(=O)O)ccc1O. The Kier molecular flexibility index (Phi) is 11.1. The molecule has 0 atom stereocenters. The lowest BCUT2D eigenvalue weighted by molar-refractivity contribution is -0.118. The Balaban J connectivity index is 0.000000423. The van der Waals surface area contributed by atoms with E-state index in [1.165, 1.54) is 51.0 Å². The van der Waals surface area contributed by atoms with Gasteiger partial charge in [0, 0.05) is 6.42 Å². The first kappa shape index (κ1) is 20.8. The number of aromatic carboxylic acids is 1. The number of phenolic OH excluding ortho intramolecular Hbond substituents is 1. The predicted octanol–water partition coefficient (Wildman–Crippen LogP) is 3.32. The summed E-state index contributed by atoms with van der Waals surface area (Å²) in [5, 5.41) is 17.7. The van der Waals surface area contributed by atoms with Gasteiger partial charge in [-0.1, -0.05) is 39.0 Å². The Morgan fingerprint density at radius 1 is 1.13 bits per heavy atom. The molecule has 6 nitrogen and oxygen atoms in total. The number of hydrogen-bond acceptors (Lipinski definition) is 4. The van der Waals surface area contributed by atoms with Crippen LogP contribution in [0.15, 0.2) is 18.2 Å². The van der Waals surface area contributed by atoms with Gasteiger partial charge in [-0.2, -0.15) is 0 Å². The summed E-state index contributed by atoms with van der Waals surface area (Å²) in [6.07, 6.45) is 7.83. The number of nitrogens with two attached hydrogens (primary N) is 1. The zero-order valence-corrected chi connectivity index (χ0v) is 13.9. The van der Waals surface area contributed by atoms with E-state index in [2.05, 4.69) is 6.92 Å². The maximum absolute atomic E-state index is 10.4. The number of benzene rings is 1. The van der Waals surface area contributed by atoms with Gasteiger partial charge in [0.25, 0.3) is 0 Å². The molecule has 0 aliphatic carbocycles. The maximum atomic E-state index is 10.4. The second-order valence-corrected chi connectivity index (χ2v) is 5.18. The summed E-state index contributed by atoms with van der Waals surface area (Å²) in [6, 6.07) is 3.85. The molecular weight excluding hydrogens is 298 g/mol. The van der Waals surface area contributed by atoms with Crippen molar-refractivity contribution in [1.29, 1.82) is 0 Å². The van der Waals surface area contributed by atoms with Gasteiger partial charge in [-0.15, -0.1) is 0 Å². The van der Waals surface area contributed by atoms with Gasteiger partial charge in [-0.3, -0.25) is 4.79 Å². The minimum Gasteiger partial charge on any atom is -0.504 e. The molecular formula is C17H27NO5. The molecule has 0 saturated heterocycles. The van der Waals surface area contributed by atoms with Gasteiger partial charge in [-0.25, -0.2) is 4.79 Å². The summed E-state index contributed by atoms with van der Waals surface area (Å²) in [5.41, 5.74) is 5.08. The Morgan fingerprint density at radius 3 is 2.26 bits per heavy atom. The quantitative estimate of drug-likeness (QED) is 0.603. The molecule has 4 N–H and O–H groups in total. The van der Waals surface area contributed by atoms with Gasteiger partial charge in [0.2, 0.25) is 5.91 Å². The molecule has 0 heterocycles. The van der Waals surface area contributed by atoms with Gasteiger partial charge in [-0.05, 0) is 24.6 Å². The van der Waals surface area contributed by atoms with Crippen molar-refractivity contribution in [3.63, 3.8) is 0 Å². The second kappa shape index (κ2) is 12.3. The molecule has 0 spiro atoms. The average molecular weight is 325 g/mol. The van der Waals surface area contributed by atoms with Crippen LogP contribution < -0.4 is 10.5 Å². The standard InChI is InChI=1S/C9H19NO.C8H8O4/c1-2-3-4-5-6-7-8-9(10)11;1-12-7-4-5(8(10)11)2-3-6(7)9/h2-8H2,1H3,(H2,10,11);2-4,9H,1H3,(H,10,11). The van der Waals surface area contributed by atoms with Gasteiger partial charge >= 0.3 is 5.97 Å². The predicted molar refractivity (Wildman–Crippen MR) is 88.8 cm³/mol. The fourth-order valence-corrected chi connectivity index (χ4v) is 1.89. The number of carbonyl (C=O) groups is 2. The molecule has 1 amide bonds. The molecule has 0 aromatic heterocycles. The van der Waals surface area contributed by atoms with E-state index in [-0.39, 0.29) is 23.0 Å². The zero-order chi connectivity index (χ0) is 17.7. The molecule has 130 valence electrons. The molecule has 23 heavy (non-hydrogen) atoms. The van der Waals surface area contributed by atoms with Crippen LogP contribution in [0.2, 0.25) is 0 Å². The lowest BCUT2D eigenvalue weighted by atomic mass is 10.1. The highest BCUT2D eigenvalue weighted by Gasteiger charge is 2.06. The van der Waals surface area contributed by atoms with Crippen molar-refractivity contribution in [2.75, 3.05) is 7.11 Å². The summed E-state index contributed by atoms with van der Waals surface area (Å²) in [7, 11) is 1.36. The smallest absolute Gasteiger partial charge is 0.335 e. The zero-order valence-electron chi connectivity index (χ0n) is 13.9. The van der Waals surface area contributed by atoms with E-state index in [4.69, 9.17) is 20.7 Å². The highest BCUT2D eigenvalue weighted by atomic mass is 16.5. The highest BCUT2D eigenvalue weighted by molar-refractivity contribution is 5.88. The topological polar surface area (TPSA) is 110 Å². The molecule has 1 aromatic carbocycles. The van der Waals surface area contributed by atoms with E-state index < -0.39 is 5.97 Å². The van der Waals surface area contributed by atoms with Crippen molar-refractivity contribution in [3.8, 4) is 11.5 Å². The molecule has 0 fully saturated rings. The van der Waals surface area contributed by atoms with Crippen molar-refractivity contribution < 1.29 is 24.5 Å². The molecule has 0 bridgehead atoms. The highest BCUT2D eigenvalue weighted by Crippen LogP contribution is 2.25. The van der Waals surface area contributed by atoms with Gasteiger partial charge < -0.3 is 20.7 Å². The van der Waals surface area contributed by atoms with Crippen molar-refractivity contribution >= 4 is 11.9 Å². The molecule has 6 heteroatoms. The van der Waals surface area contributed by atoms with E-state index in [1.807, 2.05) is 0 Å². The summed E-state index contributed by atoms with van der Waals surface area (Å²) in [6.45, 7) is 2.20. The Labute approximate surface area is 137 Å². The number of methoxy groups -OCH3 is 1. The van der Waals surface area contributed by atoms with Gasteiger partial charge in [0.05, 0.1) is 12.7 Å². The number of amides is 1. The monoisotopic (exact) mass is 325 g/mol. The van der Waals surface area contributed by atoms with Crippen molar-refractivity contribution in [2.24, 2.45) is 5.73 Å². The van der Waals surface area contributed by atoms with Gasteiger partial charge in [0.15, 0.2) is 11.5 Å². The summed E-state index contributed by atoms with van der Waals surface area (Å²) in [4.78, 5) is 20.8. The average Bonchev–Trinajstić information content (AvgIpc) is 2.51. The molecule has 0 aliphatic rings. The third kappa shape index (κ3) is 10.2. The largest absolute Gasteiger partial charge is 0.504 e. The van der Waals surface area contributed by atoms with Crippen LogP contribution >= 0.6 is 0 Å². The van der Waals surface area contributed by atoms with Crippen molar-refractivity contribution in [2.45, 2.75) is 51.9 Å². The molecule has 0 aliphatic heterocycles. The van der Waals surface area contributed by atoms with E-state index >= 15 is 0 Å². The fraction of sp³-hybridized carbons (Fsp3) is 0.529. The first-order chi connectivity index (χ1) is 10.9. The fourth-order valence-electron chi connectivity index (χ4n) is 1.89. The number of unbranched alkanes of at least 4 members (excludes halogenated alkanes) is 5. The number of carboxylic acid groups (broad SMARTS) is 1. The molecule has 1 aromatic rings. The Morgan fingerprint density at radius 2 is 1.74 bits per heavy atom. The molecule has 1 rings (SSSR count). The molecule has 0 unspecified atom stereocenters. The van der Waals surface area contributed by atoms with Crippen LogP contribution in [0.25, 0.3) is 0 Å². The number of hydrogen-bond donors (Lipinski definition) is 3. The number of primary amides is 1. The molecule has 0 radical (unpaired) electrons. The van der Waals surface area contributed by atoms with Crippen LogP contribution in [-0.4, -0.2) is 29.2 Å². The van der Waals surface area contributed by atoms with Crippen LogP contribution in [0.5, 0.6) is 11.5 Å². The molecule has 0 saturated carbocycles. The Hall–Kier alpha value is -2.24. The third-order valence-electron chi connectivity index (χ3n) is 3.20. The normalized spacial score (nSPS) is 9.65. The van der Waals surface area contributed by atoms with Crippen LogP contribution in [-0.2, 0) is 4.79 Å².